The third kappa shape index (κ3) is 6.44. The smallest absolute Gasteiger partial charge is 0.274 e. The monoisotopic (exact) mass is 372 g/mol. The second-order valence-corrected chi connectivity index (χ2v) is 6.79. The molecule has 0 radical (unpaired) electrons. The van der Waals surface area contributed by atoms with Crippen molar-refractivity contribution in [2.75, 3.05) is 6.54 Å². The molecule has 27 heavy (non-hydrogen) atoms. The highest BCUT2D eigenvalue weighted by Crippen LogP contribution is 2.11. The maximum atomic E-state index is 13.1. The predicted molar refractivity (Wildman–Crippen MR) is 100 cm³/mol. The number of carbonyl (C=O) groups is 2. The Morgan fingerprint density at radius 2 is 1.85 bits per heavy atom. The van der Waals surface area contributed by atoms with Gasteiger partial charge in [-0.15, -0.1) is 0 Å². The molecule has 0 aliphatic rings. The molecule has 0 fully saturated rings. The summed E-state index contributed by atoms with van der Waals surface area (Å²) < 4.78 is 13.1. The van der Waals surface area contributed by atoms with Crippen molar-refractivity contribution in [3.63, 3.8) is 0 Å². The molecule has 1 N–H and O–H groups in total. The molecule has 2 amide bonds. The number of benzene rings is 1. The Hall–Kier alpha value is -2.83. The van der Waals surface area contributed by atoms with Crippen LogP contribution in [-0.4, -0.2) is 39.3 Å². The topological polar surface area (TPSA) is 75.2 Å². The van der Waals surface area contributed by atoms with E-state index in [1.54, 1.807) is 12.1 Å². The van der Waals surface area contributed by atoms with Gasteiger partial charge in [-0.1, -0.05) is 26.0 Å². The zero-order chi connectivity index (χ0) is 19.8. The van der Waals surface area contributed by atoms with Gasteiger partial charge in [0.2, 0.25) is 5.91 Å². The average molecular weight is 372 g/mol. The molecule has 2 rings (SSSR count). The van der Waals surface area contributed by atoms with Crippen LogP contribution in [0.1, 0.15) is 43.2 Å². The van der Waals surface area contributed by atoms with E-state index in [4.69, 9.17) is 0 Å². The lowest BCUT2D eigenvalue weighted by Gasteiger charge is -2.23. The first-order valence-electron chi connectivity index (χ1n) is 8.96. The van der Waals surface area contributed by atoms with E-state index in [9.17, 15) is 14.0 Å². The van der Waals surface area contributed by atoms with Gasteiger partial charge >= 0.3 is 0 Å². The molecule has 7 heteroatoms. The van der Waals surface area contributed by atoms with Crippen LogP contribution >= 0.6 is 0 Å². The third-order valence-corrected chi connectivity index (χ3v) is 4.35. The van der Waals surface area contributed by atoms with E-state index in [2.05, 4.69) is 15.3 Å². The number of aromatic nitrogens is 2. The van der Waals surface area contributed by atoms with Gasteiger partial charge in [0.15, 0.2) is 0 Å². The Balaban J connectivity index is 2.08. The van der Waals surface area contributed by atoms with Crippen molar-refractivity contribution in [3.8, 4) is 0 Å². The first-order valence-corrected chi connectivity index (χ1v) is 8.96. The van der Waals surface area contributed by atoms with E-state index in [1.165, 1.54) is 35.6 Å². The molecule has 1 heterocycles. The fourth-order valence-corrected chi connectivity index (χ4v) is 2.36. The SMILES string of the molecule is CC(C)C(C)NC(=O)CCN(Cc1ccc(F)cc1)C(=O)c1cnccn1. The summed E-state index contributed by atoms with van der Waals surface area (Å²) >= 11 is 0. The van der Waals surface area contributed by atoms with Gasteiger partial charge in [0.1, 0.15) is 11.5 Å². The number of amides is 2. The summed E-state index contributed by atoms with van der Waals surface area (Å²) in [5.74, 6) is -0.456. The average Bonchev–Trinajstić information content (AvgIpc) is 2.66. The molecule has 0 saturated heterocycles. The highest BCUT2D eigenvalue weighted by atomic mass is 19.1. The van der Waals surface area contributed by atoms with E-state index in [1.807, 2.05) is 20.8 Å². The highest BCUT2D eigenvalue weighted by Gasteiger charge is 2.19. The zero-order valence-electron chi connectivity index (χ0n) is 15.9. The Morgan fingerprint density at radius 1 is 1.15 bits per heavy atom. The quantitative estimate of drug-likeness (QED) is 0.773. The molecular weight excluding hydrogens is 347 g/mol. The third-order valence-electron chi connectivity index (χ3n) is 4.35. The van der Waals surface area contributed by atoms with Crippen LogP contribution in [0.5, 0.6) is 0 Å². The van der Waals surface area contributed by atoms with Gasteiger partial charge in [-0.05, 0) is 30.5 Å². The molecule has 0 aliphatic heterocycles. The Bertz CT molecular complexity index is 750. The molecule has 1 aromatic heterocycles. The molecule has 0 bridgehead atoms. The number of hydrogen-bond donors (Lipinski definition) is 1. The minimum absolute atomic E-state index is 0.0544. The Kier molecular flexibility index (Phi) is 7.40. The van der Waals surface area contributed by atoms with Crippen LogP contribution in [0, 0.1) is 11.7 Å². The second-order valence-electron chi connectivity index (χ2n) is 6.79. The van der Waals surface area contributed by atoms with E-state index >= 15 is 0 Å². The van der Waals surface area contributed by atoms with Crippen molar-refractivity contribution < 1.29 is 14.0 Å². The number of nitrogens with one attached hydrogen (secondary N) is 1. The Labute approximate surface area is 158 Å². The standard InChI is InChI=1S/C20H25FN4O2/c1-14(2)15(3)24-19(26)8-11-25(13-16-4-6-17(21)7-5-16)20(27)18-12-22-9-10-23-18/h4-7,9-10,12,14-15H,8,11,13H2,1-3H3,(H,24,26). The molecule has 0 saturated carbocycles. The van der Waals surface area contributed by atoms with Crippen molar-refractivity contribution in [1.29, 1.82) is 0 Å². The molecule has 2 aromatic rings. The zero-order valence-corrected chi connectivity index (χ0v) is 15.9. The fourth-order valence-electron chi connectivity index (χ4n) is 2.36. The lowest BCUT2D eigenvalue weighted by Crippen LogP contribution is -2.39. The highest BCUT2D eigenvalue weighted by molar-refractivity contribution is 5.92. The van der Waals surface area contributed by atoms with Crippen LogP contribution < -0.4 is 5.32 Å². The summed E-state index contributed by atoms with van der Waals surface area (Å²) in [6.07, 6.45) is 4.49. The van der Waals surface area contributed by atoms with E-state index < -0.39 is 0 Å². The first-order chi connectivity index (χ1) is 12.9. The molecule has 1 unspecified atom stereocenters. The summed E-state index contributed by atoms with van der Waals surface area (Å²) in [5.41, 5.74) is 0.972. The fraction of sp³-hybridized carbons (Fsp3) is 0.400. The molecular formula is C20H25FN4O2. The van der Waals surface area contributed by atoms with Crippen LogP contribution in [-0.2, 0) is 11.3 Å². The van der Waals surface area contributed by atoms with E-state index in [-0.39, 0.29) is 48.9 Å². The second kappa shape index (κ2) is 9.75. The van der Waals surface area contributed by atoms with E-state index in [0.717, 1.165) is 5.56 Å². The number of hydrogen-bond acceptors (Lipinski definition) is 4. The number of nitrogens with zero attached hydrogens (tertiary/aromatic N) is 3. The van der Waals surface area contributed by atoms with Crippen LogP contribution in [0.4, 0.5) is 4.39 Å². The normalized spacial score (nSPS) is 11.9. The van der Waals surface area contributed by atoms with Gasteiger partial charge in [0, 0.05) is 37.9 Å². The van der Waals surface area contributed by atoms with Gasteiger partial charge in [-0.3, -0.25) is 14.6 Å². The number of carbonyl (C=O) groups excluding carboxylic acids is 2. The van der Waals surface area contributed by atoms with E-state index in [0.29, 0.717) is 5.92 Å². The lowest BCUT2D eigenvalue weighted by molar-refractivity contribution is -0.122. The summed E-state index contributed by atoms with van der Waals surface area (Å²) in [6, 6.07) is 5.98. The van der Waals surface area contributed by atoms with Crippen molar-refractivity contribution in [3.05, 3.63) is 59.9 Å². The Morgan fingerprint density at radius 3 is 2.44 bits per heavy atom. The maximum absolute atomic E-state index is 13.1. The van der Waals surface area contributed by atoms with Crippen molar-refractivity contribution in [1.82, 2.24) is 20.2 Å². The van der Waals surface area contributed by atoms with Crippen LogP contribution in [0.25, 0.3) is 0 Å². The lowest BCUT2D eigenvalue weighted by atomic mass is 10.1. The molecule has 144 valence electrons. The number of halogens is 1. The molecule has 1 aromatic carbocycles. The molecule has 6 nitrogen and oxygen atoms in total. The molecule has 0 aliphatic carbocycles. The predicted octanol–water partition coefficient (Wildman–Crippen LogP) is 2.81. The van der Waals surface area contributed by atoms with Crippen LogP contribution in [0.2, 0.25) is 0 Å². The van der Waals surface area contributed by atoms with Gasteiger partial charge in [0.05, 0.1) is 6.20 Å². The van der Waals surface area contributed by atoms with Gasteiger partial charge in [-0.25, -0.2) is 9.37 Å². The van der Waals surface area contributed by atoms with Gasteiger partial charge in [-0.2, -0.15) is 0 Å². The van der Waals surface area contributed by atoms with Crippen molar-refractivity contribution >= 4 is 11.8 Å². The van der Waals surface area contributed by atoms with Crippen LogP contribution in [0.15, 0.2) is 42.9 Å². The summed E-state index contributed by atoms with van der Waals surface area (Å²) in [4.78, 5) is 34.5. The first kappa shape index (κ1) is 20.5. The summed E-state index contributed by atoms with van der Waals surface area (Å²) in [7, 11) is 0. The van der Waals surface area contributed by atoms with Gasteiger partial charge < -0.3 is 10.2 Å². The number of rotatable bonds is 8. The summed E-state index contributed by atoms with van der Waals surface area (Å²) in [6.45, 7) is 6.49. The van der Waals surface area contributed by atoms with Crippen molar-refractivity contribution in [2.24, 2.45) is 5.92 Å². The van der Waals surface area contributed by atoms with Gasteiger partial charge in [0.25, 0.3) is 5.91 Å². The summed E-state index contributed by atoms with van der Waals surface area (Å²) in [5, 5.41) is 2.93. The van der Waals surface area contributed by atoms with Crippen molar-refractivity contribution in [2.45, 2.75) is 39.8 Å². The maximum Gasteiger partial charge on any atom is 0.274 e. The minimum Gasteiger partial charge on any atom is -0.353 e. The minimum atomic E-state index is -0.340. The molecule has 0 spiro atoms. The van der Waals surface area contributed by atoms with Crippen LogP contribution in [0.3, 0.4) is 0 Å². The largest absolute Gasteiger partial charge is 0.353 e. The molecule has 1 atom stereocenters.